The first-order chi connectivity index (χ1) is 16.4. The van der Waals surface area contributed by atoms with E-state index in [1.165, 1.54) is 5.56 Å². The van der Waals surface area contributed by atoms with Gasteiger partial charge in [0.15, 0.2) is 23.0 Å². The first kappa shape index (κ1) is 25.9. The highest BCUT2D eigenvalue weighted by molar-refractivity contribution is 5.60. The number of fused-ring (bicyclic) bond motifs is 1. The maximum atomic E-state index is 13.3. The van der Waals surface area contributed by atoms with Gasteiger partial charge in [0, 0.05) is 13.0 Å². The Labute approximate surface area is 203 Å². The summed E-state index contributed by atoms with van der Waals surface area (Å²) < 4.78 is 21.2. The average molecular weight is 471 g/mol. The number of hydrogen-bond donors (Lipinski definition) is 0. The van der Waals surface area contributed by atoms with Gasteiger partial charge in [-0.3, -0.25) is 0 Å². The normalized spacial score (nSPS) is 17.3. The fraction of sp³-hybridized carbons (Fsp3) is 0.481. The zero-order valence-corrected chi connectivity index (χ0v) is 21.1. The predicted octanol–water partition coefficient (Wildman–Crippen LogP) is 4.52. The van der Waals surface area contributed by atoms with Crippen LogP contribution in [0.1, 0.15) is 29.5 Å². The fourth-order valence-electron chi connectivity index (χ4n) is 4.32. The molecular weight excluding hydrogens is 432 g/mol. The average Bonchev–Trinajstić information content (AvgIpc) is 3.03. The molecule has 1 atom stereocenters. The lowest BCUT2D eigenvalue weighted by Crippen LogP contribution is -2.38. The minimum absolute atomic E-state index is 0.297. The van der Waals surface area contributed by atoms with Crippen molar-refractivity contribution in [3.05, 3.63) is 58.4 Å². The van der Waals surface area contributed by atoms with E-state index in [9.17, 15) is 5.21 Å². The van der Waals surface area contributed by atoms with Gasteiger partial charge in [-0.1, -0.05) is 6.07 Å². The monoisotopic (exact) mass is 470 g/mol. The molecule has 0 aliphatic carbocycles. The molecular formula is C27H38N2O5. The largest absolute Gasteiger partial charge is 0.628 e. The van der Waals surface area contributed by atoms with Crippen molar-refractivity contribution in [2.75, 3.05) is 61.7 Å². The van der Waals surface area contributed by atoms with Gasteiger partial charge in [0.1, 0.15) is 0 Å². The molecule has 2 aromatic carbocycles. The van der Waals surface area contributed by atoms with Crippen LogP contribution < -0.4 is 18.9 Å². The fourth-order valence-corrected chi connectivity index (χ4v) is 4.32. The van der Waals surface area contributed by atoms with E-state index in [0.717, 1.165) is 61.4 Å². The van der Waals surface area contributed by atoms with Crippen molar-refractivity contribution < 1.29 is 23.6 Å². The van der Waals surface area contributed by atoms with E-state index in [2.05, 4.69) is 18.0 Å². The van der Waals surface area contributed by atoms with Gasteiger partial charge >= 0.3 is 0 Å². The van der Waals surface area contributed by atoms with E-state index < -0.39 is 0 Å². The summed E-state index contributed by atoms with van der Waals surface area (Å²) in [4.78, 5) is 2.32. The second-order valence-corrected chi connectivity index (χ2v) is 8.82. The molecule has 3 rings (SSSR count). The summed E-state index contributed by atoms with van der Waals surface area (Å²) in [6.07, 6.45) is 7.26. The molecule has 1 aliphatic rings. The van der Waals surface area contributed by atoms with Crippen molar-refractivity contribution in [1.82, 2.24) is 4.90 Å². The van der Waals surface area contributed by atoms with Gasteiger partial charge in [0.05, 0.1) is 47.7 Å². The Morgan fingerprint density at radius 2 is 1.53 bits per heavy atom. The number of hydrogen-bond acceptors (Lipinski definition) is 6. The molecule has 0 saturated heterocycles. The third-order valence-electron chi connectivity index (χ3n) is 6.49. The van der Waals surface area contributed by atoms with E-state index in [-0.39, 0.29) is 4.65 Å². The zero-order valence-electron chi connectivity index (χ0n) is 21.1. The van der Waals surface area contributed by atoms with Gasteiger partial charge in [-0.15, -0.1) is 0 Å². The molecule has 0 aromatic heterocycles. The lowest BCUT2D eigenvalue weighted by atomic mass is 10.0. The van der Waals surface area contributed by atoms with Crippen molar-refractivity contribution in [3.8, 4) is 23.0 Å². The number of unbranched alkanes of at least 4 members (excludes halogenated alkanes) is 1. The number of methoxy groups -OCH3 is 4. The number of quaternary nitrogens is 1. The highest BCUT2D eigenvalue weighted by atomic mass is 16.5. The first-order valence-electron chi connectivity index (χ1n) is 11.8. The molecule has 7 nitrogen and oxygen atoms in total. The Morgan fingerprint density at radius 3 is 2.24 bits per heavy atom. The summed E-state index contributed by atoms with van der Waals surface area (Å²) in [7, 11) is 8.70. The van der Waals surface area contributed by atoms with Crippen LogP contribution in [0.3, 0.4) is 0 Å². The highest BCUT2D eigenvalue weighted by Gasteiger charge is 2.20. The van der Waals surface area contributed by atoms with Gasteiger partial charge in [-0.05, 0) is 79.9 Å². The van der Waals surface area contributed by atoms with Crippen molar-refractivity contribution in [1.29, 1.82) is 0 Å². The van der Waals surface area contributed by atoms with Gasteiger partial charge in [0.25, 0.3) is 0 Å². The predicted molar refractivity (Wildman–Crippen MR) is 136 cm³/mol. The van der Waals surface area contributed by atoms with E-state index in [4.69, 9.17) is 18.9 Å². The topological polar surface area (TPSA) is 63.2 Å². The first-order valence-corrected chi connectivity index (χ1v) is 11.8. The summed E-state index contributed by atoms with van der Waals surface area (Å²) in [5.41, 5.74) is 3.37. The molecule has 186 valence electrons. The Morgan fingerprint density at radius 1 is 0.853 bits per heavy atom. The minimum Gasteiger partial charge on any atom is -0.628 e. The highest BCUT2D eigenvalue weighted by Crippen LogP contribution is 2.33. The van der Waals surface area contributed by atoms with Crippen LogP contribution >= 0.6 is 0 Å². The van der Waals surface area contributed by atoms with Crippen LogP contribution in [0.2, 0.25) is 0 Å². The number of benzene rings is 2. The third kappa shape index (κ3) is 6.65. The zero-order chi connectivity index (χ0) is 24.6. The summed E-state index contributed by atoms with van der Waals surface area (Å²) in [5.74, 6) is 2.90. The quantitative estimate of drug-likeness (QED) is 0.258. The van der Waals surface area contributed by atoms with Crippen molar-refractivity contribution in [2.24, 2.45) is 0 Å². The molecule has 1 aliphatic heterocycles. The molecule has 2 aromatic rings. The van der Waals surface area contributed by atoms with Crippen LogP contribution in [0.4, 0.5) is 0 Å². The summed E-state index contributed by atoms with van der Waals surface area (Å²) in [6.45, 7) is 3.04. The molecule has 1 heterocycles. The Hall–Kier alpha value is -2.74. The lowest BCUT2D eigenvalue weighted by Gasteiger charge is -2.38. The minimum atomic E-state index is -0.297. The smallest absolute Gasteiger partial charge is 0.161 e. The van der Waals surface area contributed by atoms with Gasteiger partial charge < -0.3 is 33.7 Å². The van der Waals surface area contributed by atoms with Crippen molar-refractivity contribution >= 4 is 6.08 Å². The number of rotatable bonds is 12. The molecule has 7 heteroatoms. The molecule has 0 fully saturated rings. The van der Waals surface area contributed by atoms with E-state index in [0.29, 0.717) is 24.6 Å². The molecule has 0 saturated carbocycles. The third-order valence-corrected chi connectivity index (χ3v) is 6.49. The van der Waals surface area contributed by atoms with Crippen molar-refractivity contribution in [2.45, 2.75) is 25.7 Å². The lowest BCUT2D eigenvalue weighted by molar-refractivity contribution is -0.828. The van der Waals surface area contributed by atoms with E-state index >= 15 is 0 Å². The molecule has 0 bridgehead atoms. The Kier molecular flexibility index (Phi) is 9.21. The van der Waals surface area contributed by atoms with E-state index in [1.54, 1.807) is 34.6 Å². The van der Waals surface area contributed by atoms with E-state index in [1.807, 2.05) is 30.3 Å². The maximum Gasteiger partial charge on any atom is 0.161 e. The SMILES string of the molecule is COc1ccc(CCN(C)CCCC[N+]2([O-])C=Cc3cc(OC)c(OC)cc3CC2)cc1OC. The molecule has 0 spiro atoms. The number of hydroxylamine groups is 3. The summed E-state index contributed by atoms with van der Waals surface area (Å²) in [5, 5.41) is 13.3. The van der Waals surface area contributed by atoms with Crippen LogP contribution in [-0.4, -0.2) is 71.2 Å². The summed E-state index contributed by atoms with van der Waals surface area (Å²) in [6, 6.07) is 10.0. The molecule has 0 amide bonds. The number of ether oxygens (including phenoxy) is 4. The van der Waals surface area contributed by atoms with Gasteiger partial charge in [-0.2, -0.15) is 0 Å². The summed E-state index contributed by atoms with van der Waals surface area (Å²) >= 11 is 0. The Balaban J connectivity index is 1.45. The maximum absolute atomic E-state index is 13.3. The number of likely N-dealkylation sites (N-methyl/N-ethyl adjacent to an activating group) is 1. The molecule has 0 radical (unpaired) electrons. The van der Waals surface area contributed by atoms with Crippen LogP contribution in [0.15, 0.2) is 36.5 Å². The van der Waals surface area contributed by atoms with Crippen LogP contribution in [-0.2, 0) is 12.8 Å². The molecule has 0 N–H and O–H groups in total. The van der Waals surface area contributed by atoms with Gasteiger partial charge in [0.2, 0.25) is 0 Å². The van der Waals surface area contributed by atoms with Crippen molar-refractivity contribution in [3.63, 3.8) is 0 Å². The van der Waals surface area contributed by atoms with Crippen LogP contribution in [0.25, 0.3) is 6.08 Å². The molecule has 1 unspecified atom stereocenters. The Bertz CT molecular complexity index is 978. The molecule has 34 heavy (non-hydrogen) atoms. The standard InChI is InChI=1S/C27H38N2O5/c1-28(14-10-21-8-9-24(31-2)25(18-21)32-3)13-6-7-15-29(30)16-11-22-19-26(33-4)27(34-5)20-23(22)12-17-29/h8-9,11,16,18-20H,6-7,10,12-15,17H2,1-5H3. The van der Waals surface area contributed by atoms with Crippen LogP contribution in [0.5, 0.6) is 23.0 Å². The van der Waals surface area contributed by atoms with Crippen LogP contribution in [0, 0.1) is 5.21 Å². The second kappa shape index (κ2) is 12.1. The van der Waals surface area contributed by atoms with Gasteiger partial charge in [-0.25, -0.2) is 0 Å². The number of nitrogens with zero attached hydrogens (tertiary/aromatic N) is 2. The second-order valence-electron chi connectivity index (χ2n) is 8.82.